The SMILES string of the molecule is CCOc1cc(-c2ccc(OC)cc2)no1. The molecule has 0 aliphatic rings. The third kappa shape index (κ3) is 2.16. The van der Waals surface area contributed by atoms with Crippen molar-refractivity contribution in [3.05, 3.63) is 30.3 Å². The molecule has 0 fully saturated rings. The number of rotatable bonds is 4. The van der Waals surface area contributed by atoms with Gasteiger partial charge in [-0.05, 0) is 31.2 Å². The molecule has 0 radical (unpaired) electrons. The Kier molecular flexibility index (Phi) is 3.10. The molecular formula is C12H13NO3. The van der Waals surface area contributed by atoms with Gasteiger partial charge in [0.05, 0.1) is 19.8 Å². The Balaban J connectivity index is 2.21. The number of ether oxygens (including phenoxy) is 2. The van der Waals surface area contributed by atoms with Crippen LogP contribution in [0.25, 0.3) is 11.3 Å². The Morgan fingerprint density at radius 2 is 2.00 bits per heavy atom. The number of aromatic nitrogens is 1. The zero-order valence-corrected chi connectivity index (χ0v) is 9.27. The zero-order chi connectivity index (χ0) is 11.4. The molecule has 0 amide bonds. The highest BCUT2D eigenvalue weighted by Gasteiger charge is 2.06. The summed E-state index contributed by atoms with van der Waals surface area (Å²) in [6.45, 7) is 2.47. The van der Waals surface area contributed by atoms with E-state index in [1.807, 2.05) is 31.2 Å². The molecule has 1 aromatic heterocycles. The number of nitrogens with zero attached hydrogens (tertiary/aromatic N) is 1. The lowest BCUT2D eigenvalue weighted by molar-refractivity contribution is 0.226. The van der Waals surface area contributed by atoms with Crippen molar-refractivity contribution in [2.45, 2.75) is 6.92 Å². The molecule has 1 aromatic carbocycles. The van der Waals surface area contributed by atoms with Crippen LogP contribution in [-0.4, -0.2) is 18.9 Å². The second kappa shape index (κ2) is 4.70. The van der Waals surface area contributed by atoms with Gasteiger partial charge in [-0.25, -0.2) is 0 Å². The van der Waals surface area contributed by atoms with Crippen molar-refractivity contribution in [2.75, 3.05) is 13.7 Å². The van der Waals surface area contributed by atoms with Crippen LogP contribution >= 0.6 is 0 Å². The molecule has 0 saturated heterocycles. The predicted molar refractivity (Wildman–Crippen MR) is 59.7 cm³/mol. The van der Waals surface area contributed by atoms with Crippen LogP contribution < -0.4 is 9.47 Å². The third-order valence-electron chi connectivity index (χ3n) is 2.16. The lowest BCUT2D eigenvalue weighted by atomic mass is 10.1. The average Bonchev–Trinajstić information content (AvgIpc) is 2.78. The summed E-state index contributed by atoms with van der Waals surface area (Å²) in [5.74, 6) is 1.26. The van der Waals surface area contributed by atoms with Crippen molar-refractivity contribution in [3.8, 4) is 23.0 Å². The highest BCUT2D eigenvalue weighted by molar-refractivity contribution is 5.60. The molecule has 16 heavy (non-hydrogen) atoms. The molecule has 0 atom stereocenters. The molecule has 0 saturated carbocycles. The first-order chi connectivity index (χ1) is 7.83. The van der Waals surface area contributed by atoms with Crippen molar-refractivity contribution < 1.29 is 14.0 Å². The number of hydrogen-bond donors (Lipinski definition) is 0. The maximum absolute atomic E-state index is 5.20. The fourth-order valence-electron chi connectivity index (χ4n) is 1.37. The van der Waals surface area contributed by atoms with Crippen LogP contribution in [0.15, 0.2) is 34.9 Å². The minimum absolute atomic E-state index is 0.438. The maximum Gasteiger partial charge on any atom is 0.311 e. The Morgan fingerprint density at radius 1 is 1.25 bits per heavy atom. The first-order valence-electron chi connectivity index (χ1n) is 5.07. The van der Waals surface area contributed by atoms with Gasteiger partial charge in [0.1, 0.15) is 11.4 Å². The maximum atomic E-state index is 5.20. The van der Waals surface area contributed by atoms with Gasteiger partial charge in [-0.15, -0.1) is 0 Å². The van der Waals surface area contributed by atoms with Crippen LogP contribution in [0.1, 0.15) is 6.92 Å². The summed E-state index contributed by atoms with van der Waals surface area (Å²) in [6, 6.07) is 9.37. The average molecular weight is 219 g/mol. The summed E-state index contributed by atoms with van der Waals surface area (Å²) in [7, 11) is 1.64. The number of methoxy groups -OCH3 is 1. The quantitative estimate of drug-likeness (QED) is 0.793. The summed E-state index contributed by atoms with van der Waals surface area (Å²) in [5, 5.41) is 3.92. The van der Waals surface area contributed by atoms with Crippen LogP contribution in [0, 0.1) is 0 Å². The second-order valence-corrected chi connectivity index (χ2v) is 3.19. The Labute approximate surface area is 93.8 Å². The van der Waals surface area contributed by atoms with Gasteiger partial charge in [-0.1, -0.05) is 5.16 Å². The van der Waals surface area contributed by atoms with Crippen molar-refractivity contribution in [1.29, 1.82) is 0 Å². The van der Waals surface area contributed by atoms with Crippen LogP contribution in [0.2, 0.25) is 0 Å². The van der Waals surface area contributed by atoms with Crippen molar-refractivity contribution in [3.63, 3.8) is 0 Å². The predicted octanol–water partition coefficient (Wildman–Crippen LogP) is 2.75. The van der Waals surface area contributed by atoms with Gasteiger partial charge in [-0.2, -0.15) is 0 Å². The van der Waals surface area contributed by atoms with Gasteiger partial charge in [0.15, 0.2) is 0 Å². The molecule has 0 aliphatic heterocycles. The van der Waals surface area contributed by atoms with Gasteiger partial charge in [-0.3, -0.25) is 0 Å². The summed E-state index contributed by atoms with van der Waals surface area (Å²) in [4.78, 5) is 0. The van der Waals surface area contributed by atoms with Crippen LogP contribution in [0.3, 0.4) is 0 Å². The monoisotopic (exact) mass is 219 g/mol. The molecule has 4 heteroatoms. The summed E-state index contributed by atoms with van der Waals surface area (Å²) < 4.78 is 15.3. The molecule has 84 valence electrons. The van der Waals surface area contributed by atoms with Crippen molar-refractivity contribution in [2.24, 2.45) is 0 Å². The van der Waals surface area contributed by atoms with Gasteiger partial charge in [0, 0.05) is 5.56 Å². The van der Waals surface area contributed by atoms with Crippen LogP contribution in [0.5, 0.6) is 11.7 Å². The van der Waals surface area contributed by atoms with Crippen LogP contribution in [-0.2, 0) is 0 Å². The Hall–Kier alpha value is -1.97. The minimum atomic E-state index is 0.438. The van der Waals surface area contributed by atoms with E-state index in [0.29, 0.717) is 12.6 Å². The standard InChI is InChI=1S/C12H13NO3/c1-3-15-12-8-11(13-16-12)9-4-6-10(14-2)7-5-9/h4-8H,3H2,1-2H3. The highest BCUT2D eigenvalue weighted by atomic mass is 16.6. The summed E-state index contributed by atoms with van der Waals surface area (Å²) >= 11 is 0. The largest absolute Gasteiger partial charge is 0.497 e. The topological polar surface area (TPSA) is 44.5 Å². The van der Waals surface area contributed by atoms with Gasteiger partial charge >= 0.3 is 5.95 Å². The van der Waals surface area contributed by atoms with Gasteiger partial charge < -0.3 is 14.0 Å². The van der Waals surface area contributed by atoms with Gasteiger partial charge in [0.2, 0.25) is 0 Å². The van der Waals surface area contributed by atoms with Crippen LogP contribution in [0.4, 0.5) is 0 Å². The van der Waals surface area contributed by atoms with E-state index in [0.717, 1.165) is 17.0 Å². The van der Waals surface area contributed by atoms with E-state index in [9.17, 15) is 0 Å². The first-order valence-corrected chi connectivity index (χ1v) is 5.07. The number of hydrogen-bond acceptors (Lipinski definition) is 4. The first kappa shape index (κ1) is 10.5. The zero-order valence-electron chi connectivity index (χ0n) is 9.27. The van der Waals surface area contributed by atoms with Gasteiger partial charge in [0.25, 0.3) is 0 Å². The van der Waals surface area contributed by atoms with Crippen molar-refractivity contribution >= 4 is 0 Å². The fraction of sp³-hybridized carbons (Fsp3) is 0.250. The van der Waals surface area contributed by atoms with E-state index in [1.54, 1.807) is 13.2 Å². The van der Waals surface area contributed by atoms with Crippen molar-refractivity contribution in [1.82, 2.24) is 5.16 Å². The molecule has 0 bridgehead atoms. The molecule has 0 unspecified atom stereocenters. The lowest BCUT2D eigenvalue weighted by Crippen LogP contribution is -1.88. The van der Waals surface area contributed by atoms with E-state index in [1.165, 1.54) is 0 Å². The molecule has 2 aromatic rings. The molecule has 0 aliphatic carbocycles. The van der Waals surface area contributed by atoms with E-state index >= 15 is 0 Å². The van der Waals surface area contributed by atoms with E-state index in [4.69, 9.17) is 14.0 Å². The Bertz CT molecular complexity index is 448. The van der Waals surface area contributed by atoms with E-state index < -0.39 is 0 Å². The van der Waals surface area contributed by atoms with E-state index in [-0.39, 0.29) is 0 Å². The third-order valence-corrected chi connectivity index (χ3v) is 2.16. The summed E-state index contributed by atoms with van der Waals surface area (Å²) in [6.07, 6.45) is 0. The van der Waals surface area contributed by atoms with E-state index in [2.05, 4.69) is 5.16 Å². The molecular weight excluding hydrogens is 206 g/mol. The fourth-order valence-corrected chi connectivity index (χ4v) is 1.37. The summed E-state index contributed by atoms with van der Waals surface area (Å²) in [5.41, 5.74) is 1.72. The lowest BCUT2D eigenvalue weighted by Gasteiger charge is -1.99. The highest BCUT2D eigenvalue weighted by Crippen LogP contribution is 2.24. The normalized spacial score (nSPS) is 10.1. The molecule has 2 rings (SSSR count). The number of benzene rings is 1. The molecule has 4 nitrogen and oxygen atoms in total. The second-order valence-electron chi connectivity index (χ2n) is 3.19. The molecule has 0 spiro atoms. The molecule has 0 N–H and O–H groups in total. The molecule has 1 heterocycles. The minimum Gasteiger partial charge on any atom is -0.497 e. The smallest absolute Gasteiger partial charge is 0.311 e. The Morgan fingerprint density at radius 3 is 2.62 bits per heavy atom.